The molecule has 0 atom stereocenters. The number of carbonyl (C=O) groups excluding carboxylic acids is 1. The standard InChI is InChI=1S/C21H21F4NO3S/c1-12(2)19(27)26(10-14-6-4-5-7-15(14)20(28)29)17-9-18(13(3)8-16(17)22)30-11-21(23,24)25/h4-9,12H,10-11H2,1-3H3,(H,28,29). The van der Waals surface area contributed by atoms with Crippen molar-refractivity contribution in [1.29, 1.82) is 0 Å². The van der Waals surface area contributed by atoms with Gasteiger partial charge in [-0.2, -0.15) is 13.2 Å². The summed E-state index contributed by atoms with van der Waals surface area (Å²) in [5.41, 5.74) is 0.360. The Morgan fingerprint density at radius 1 is 1.17 bits per heavy atom. The van der Waals surface area contributed by atoms with E-state index in [1.807, 2.05) is 0 Å². The van der Waals surface area contributed by atoms with Gasteiger partial charge in [0.1, 0.15) is 5.82 Å². The molecule has 30 heavy (non-hydrogen) atoms. The van der Waals surface area contributed by atoms with Gasteiger partial charge in [0.25, 0.3) is 0 Å². The van der Waals surface area contributed by atoms with Gasteiger partial charge in [0, 0.05) is 10.8 Å². The quantitative estimate of drug-likeness (QED) is 0.442. The van der Waals surface area contributed by atoms with Gasteiger partial charge < -0.3 is 10.0 Å². The zero-order valence-electron chi connectivity index (χ0n) is 16.6. The maximum Gasteiger partial charge on any atom is 0.398 e. The van der Waals surface area contributed by atoms with Crippen LogP contribution in [0.5, 0.6) is 0 Å². The molecule has 0 saturated carbocycles. The summed E-state index contributed by atoms with van der Waals surface area (Å²) < 4.78 is 52.7. The SMILES string of the molecule is Cc1cc(F)c(N(Cc2ccccc2C(=O)O)C(=O)C(C)C)cc1SCC(F)(F)F. The highest BCUT2D eigenvalue weighted by molar-refractivity contribution is 7.99. The lowest BCUT2D eigenvalue weighted by Crippen LogP contribution is -2.35. The van der Waals surface area contributed by atoms with E-state index in [1.54, 1.807) is 19.9 Å². The average Bonchev–Trinajstić information content (AvgIpc) is 2.64. The maximum absolute atomic E-state index is 14.8. The molecule has 162 valence electrons. The van der Waals surface area contributed by atoms with Crippen molar-refractivity contribution in [2.45, 2.75) is 38.4 Å². The lowest BCUT2D eigenvalue weighted by atomic mass is 10.0. The zero-order valence-corrected chi connectivity index (χ0v) is 17.4. The van der Waals surface area contributed by atoms with Crippen molar-refractivity contribution in [2.24, 2.45) is 5.92 Å². The van der Waals surface area contributed by atoms with E-state index >= 15 is 0 Å². The van der Waals surface area contributed by atoms with E-state index in [2.05, 4.69) is 0 Å². The maximum atomic E-state index is 14.8. The second kappa shape index (κ2) is 9.51. The number of benzene rings is 2. The molecular weight excluding hydrogens is 422 g/mol. The normalized spacial score (nSPS) is 11.6. The molecule has 0 saturated heterocycles. The Bertz CT molecular complexity index is 944. The van der Waals surface area contributed by atoms with E-state index in [0.717, 1.165) is 11.0 Å². The zero-order chi connectivity index (χ0) is 22.6. The summed E-state index contributed by atoms with van der Waals surface area (Å²) in [4.78, 5) is 25.6. The summed E-state index contributed by atoms with van der Waals surface area (Å²) >= 11 is 0.505. The molecule has 1 amide bonds. The first kappa shape index (κ1) is 23.7. The first-order valence-electron chi connectivity index (χ1n) is 9.03. The van der Waals surface area contributed by atoms with Crippen LogP contribution >= 0.6 is 11.8 Å². The number of aromatic carboxylic acids is 1. The predicted octanol–water partition coefficient (Wildman–Crippen LogP) is 5.68. The Balaban J connectivity index is 2.52. The fourth-order valence-electron chi connectivity index (χ4n) is 2.79. The molecule has 0 aliphatic carbocycles. The molecular formula is C21H21F4NO3S. The molecule has 0 spiro atoms. The van der Waals surface area contributed by atoms with Crippen molar-refractivity contribution in [3.05, 3.63) is 58.9 Å². The Morgan fingerprint density at radius 2 is 1.80 bits per heavy atom. The van der Waals surface area contributed by atoms with Crippen LogP contribution in [-0.4, -0.2) is 28.9 Å². The van der Waals surface area contributed by atoms with E-state index < -0.39 is 35.5 Å². The minimum absolute atomic E-state index is 0.0433. The van der Waals surface area contributed by atoms with E-state index in [9.17, 15) is 32.3 Å². The summed E-state index contributed by atoms with van der Waals surface area (Å²) in [6.07, 6.45) is -4.40. The molecule has 0 fully saturated rings. The highest BCUT2D eigenvalue weighted by Gasteiger charge is 2.29. The molecule has 0 aliphatic heterocycles. The van der Waals surface area contributed by atoms with Gasteiger partial charge in [0.05, 0.1) is 23.5 Å². The van der Waals surface area contributed by atoms with Gasteiger partial charge in [-0.25, -0.2) is 9.18 Å². The second-order valence-corrected chi connectivity index (χ2v) is 8.03. The van der Waals surface area contributed by atoms with Gasteiger partial charge >= 0.3 is 12.1 Å². The molecule has 2 aromatic rings. The van der Waals surface area contributed by atoms with Gasteiger partial charge in [-0.3, -0.25) is 4.79 Å². The molecule has 4 nitrogen and oxygen atoms in total. The lowest BCUT2D eigenvalue weighted by Gasteiger charge is -2.27. The first-order chi connectivity index (χ1) is 13.9. The summed E-state index contributed by atoms with van der Waals surface area (Å²) in [6, 6.07) is 8.29. The largest absolute Gasteiger partial charge is 0.478 e. The summed E-state index contributed by atoms with van der Waals surface area (Å²) in [5.74, 6) is -4.16. The topological polar surface area (TPSA) is 57.6 Å². The van der Waals surface area contributed by atoms with Crippen molar-refractivity contribution in [3.63, 3.8) is 0 Å². The van der Waals surface area contributed by atoms with Crippen LogP contribution in [0.1, 0.15) is 35.3 Å². The molecule has 0 aliphatic rings. The van der Waals surface area contributed by atoms with Crippen LogP contribution in [0.4, 0.5) is 23.2 Å². The molecule has 2 aromatic carbocycles. The number of aryl methyl sites for hydroxylation is 1. The van der Waals surface area contributed by atoms with Crippen molar-refractivity contribution in [2.75, 3.05) is 10.7 Å². The number of anilines is 1. The molecule has 0 bridgehead atoms. The number of amides is 1. The van der Waals surface area contributed by atoms with E-state index in [-0.39, 0.29) is 28.3 Å². The fourth-order valence-corrected chi connectivity index (χ4v) is 3.60. The number of alkyl halides is 3. The minimum atomic E-state index is -4.40. The number of nitrogens with zero attached hydrogens (tertiary/aromatic N) is 1. The van der Waals surface area contributed by atoms with Crippen molar-refractivity contribution in [3.8, 4) is 0 Å². The summed E-state index contributed by atoms with van der Waals surface area (Å²) in [7, 11) is 0. The van der Waals surface area contributed by atoms with Crippen LogP contribution in [0.3, 0.4) is 0 Å². The Morgan fingerprint density at radius 3 is 2.37 bits per heavy atom. The third kappa shape index (κ3) is 5.98. The van der Waals surface area contributed by atoms with Crippen LogP contribution in [0.15, 0.2) is 41.3 Å². The summed E-state index contributed by atoms with van der Waals surface area (Å²) in [5, 5.41) is 9.39. The molecule has 2 rings (SSSR count). The molecule has 9 heteroatoms. The fraction of sp³-hybridized carbons (Fsp3) is 0.333. The lowest BCUT2D eigenvalue weighted by molar-refractivity contribution is -0.121. The number of carboxylic acid groups (broad SMARTS) is 1. The number of hydrogen-bond acceptors (Lipinski definition) is 3. The van der Waals surface area contributed by atoms with Gasteiger partial charge in [-0.1, -0.05) is 32.0 Å². The van der Waals surface area contributed by atoms with Crippen molar-refractivity contribution < 1.29 is 32.3 Å². The van der Waals surface area contributed by atoms with E-state index in [1.165, 1.54) is 31.2 Å². The van der Waals surface area contributed by atoms with Gasteiger partial charge in [-0.05, 0) is 36.2 Å². The number of carboxylic acids is 1. The van der Waals surface area contributed by atoms with Crippen LogP contribution < -0.4 is 4.90 Å². The predicted molar refractivity (Wildman–Crippen MR) is 107 cm³/mol. The van der Waals surface area contributed by atoms with E-state index in [4.69, 9.17) is 0 Å². The second-order valence-electron chi connectivity index (χ2n) is 7.01. The van der Waals surface area contributed by atoms with Gasteiger partial charge in [-0.15, -0.1) is 11.8 Å². The van der Waals surface area contributed by atoms with Crippen LogP contribution in [0, 0.1) is 18.7 Å². The smallest absolute Gasteiger partial charge is 0.398 e. The van der Waals surface area contributed by atoms with Gasteiger partial charge in [0.2, 0.25) is 5.91 Å². The van der Waals surface area contributed by atoms with Crippen LogP contribution in [0.2, 0.25) is 0 Å². The van der Waals surface area contributed by atoms with Gasteiger partial charge in [0.15, 0.2) is 0 Å². The molecule has 1 N–H and O–H groups in total. The molecule has 0 radical (unpaired) electrons. The average molecular weight is 443 g/mol. The number of rotatable bonds is 7. The number of carbonyl (C=O) groups is 2. The third-order valence-electron chi connectivity index (χ3n) is 4.26. The number of thioether (sulfide) groups is 1. The van der Waals surface area contributed by atoms with Crippen LogP contribution in [-0.2, 0) is 11.3 Å². The monoisotopic (exact) mass is 443 g/mol. The number of halogens is 4. The van der Waals surface area contributed by atoms with Crippen LogP contribution in [0.25, 0.3) is 0 Å². The van der Waals surface area contributed by atoms with Crippen molar-refractivity contribution in [1.82, 2.24) is 0 Å². The molecule has 0 heterocycles. The Kier molecular flexibility index (Phi) is 7.52. The Hall–Kier alpha value is -2.55. The van der Waals surface area contributed by atoms with E-state index in [0.29, 0.717) is 17.3 Å². The third-order valence-corrected chi connectivity index (χ3v) is 5.49. The highest BCUT2D eigenvalue weighted by atomic mass is 32.2. The first-order valence-corrected chi connectivity index (χ1v) is 10.0. The Labute approximate surface area is 175 Å². The summed E-state index contributed by atoms with van der Waals surface area (Å²) in [6.45, 7) is 4.45. The highest BCUT2D eigenvalue weighted by Crippen LogP contribution is 2.35. The van der Waals surface area contributed by atoms with Crippen molar-refractivity contribution >= 4 is 29.3 Å². The number of hydrogen-bond donors (Lipinski definition) is 1. The minimum Gasteiger partial charge on any atom is -0.478 e. The molecule has 0 aromatic heterocycles. The molecule has 0 unspecified atom stereocenters.